The topological polar surface area (TPSA) is 52.6 Å². The molecule has 0 aliphatic rings. The van der Waals surface area contributed by atoms with Gasteiger partial charge in [-0.05, 0) is 38.0 Å². The zero-order valence-corrected chi connectivity index (χ0v) is 12.0. The zero-order valence-electron chi connectivity index (χ0n) is 12.0. The number of carbonyl (C=O) groups is 1. The lowest BCUT2D eigenvalue weighted by molar-refractivity contribution is -0.117. The largest absolute Gasteiger partial charge is 0.395 e. The molecule has 2 N–H and O–H groups in total. The number of aliphatic hydroxyl groups excluding tert-OH is 1. The highest BCUT2D eigenvalue weighted by molar-refractivity contribution is 5.92. The standard InChI is InChI=1S/C15H24N2O2/c1-4-13-5-7-14(8-6-13)16-15(19)11-17(9-10-18)12(2)3/h5-8,12,18H,4,9-11H2,1-3H3,(H,16,19). The fourth-order valence-corrected chi connectivity index (χ4v) is 1.86. The Hall–Kier alpha value is -1.39. The summed E-state index contributed by atoms with van der Waals surface area (Å²) in [7, 11) is 0. The van der Waals surface area contributed by atoms with Gasteiger partial charge >= 0.3 is 0 Å². The molecule has 1 aromatic carbocycles. The molecule has 0 aliphatic heterocycles. The number of hydrogen-bond acceptors (Lipinski definition) is 3. The first-order valence-corrected chi connectivity index (χ1v) is 6.80. The molecule has 1 aromatic rings. The van der Waals surface area contributed by atoms with Crippen molar-refractivity contribution in [3.63, 3.8) is 0 Å². The fourth-order valence-electron chi connectivity index (χ4n) is 1.86. The van der Waals surface area contributed by atoms with Gasteiger partial charge in [0.2, 0.25) is 5.91 Å². The van der Waals surface area contributed by atoms with Crippen LogP contribution in [0.5, 0.6) is 0 Å². The van der Waals surface area contributed by atoms with E-state index in [4.69, 9.17) is 5.11 Å². The van der Waals surface area contributed by atoms with Gasteiger partial charge in [-0.2, -0.15) is 0 Å². The van der Waals surface area contributed by atoms with Crippen LogP contribution in [-0.4, -0.2) is 41.7 Å². The number of aryl methyl sites for hydroxylation is 1. The highest BCUT2D eigenvalue weighted by atomic mass is 16.3. The predicted octanol–water partition coefficient (Wildman–Crippen LogP) is 1.89. The third-order valence-corrected chi connectivity index (χ3v) is 3.11. The Morgan fingerprint density at radius 2 is 1.95 bits per heavy atom. The molecule has 0 fully saturated rings. The van der Waals surface area contributed by atoms with Gasteiger partial charge in [-0.15, -0.1) is 0 Å². The Morgan fingerprint density at radius 1 is 1.32 bits per heavy atom. The van der Waals surface area contributed by atoms with Gasteiger partial charge in [-0.25, -0.2) is 0 Å². The first kappa shape index (κ1) is 15.7. The van der Waals surface area contributed by atoms with E-state index in [1.807, 2.05) is 43.0 Å². The average Bonchev–Trinajstić information content (AvgIpc) is 2.39. The first-order valence-electron chi connectivity index (χ1n) is 6.80. The summed E-state index contributed by atoms with van der Waals surface area (Å²) < 4.78 is 0. The van der Waals surface area contributed by atoms with Crippen molar-refractivity contribution >= 4 is 11.6 Å². The van der Waals surface area contributed by atoms with Gasteiger partial charge in [-0.1, -0.05) is 19.1 Å². The van der Waals surface area contributed by atoms with Crippen molar-refractivity contribution < 1.29 is 9.90 Å². The molecule has 4 heteroatoms. The minimum Gasteiger partial charge on any atom is -0.395 e. The van der Waals surface area contributed by atoms with Crippen molar-refractivity contribution in [1.29, 1.82) is 0 Å². The first-order chi connectivity index (χ1) is 9.06. The van der Waals surface area contributed by atoms with Gasteiger partial charge in [0.15, 0.2) is 0 Å². The number of benzene rings is 1. The van der Waals surface area contributed by atoms with Crippen molar-refractivity contribution in [2.45, 2.75) is 33.2 Å². The molecule has 0 radical (unpaired) electrons. The van der Waals surface area contributed by atoms with Gasteiger partial charge in [0, 0.05) is 18.3 Å². The molecule has 0 aliphatic carbocycles. The molecule has 0 aromatic heterocycles. The summed E-state index contributed by atoms with van der Waals surface area (Å²) in [5.74, 6) is -0.0496. The second-order valence-corrected chi connectivity index (χ2v) is 4.89. The van der Waals surface area contributed by atoms with Gasteiger partial charge in [0.25, 0.3) is 0 Å². The van der Waals surface area contributed by atoms with Crippen LogP contribution in [0.2, 0.25) is 0 Å². The summed E-state index contributed by atoms with van der Waals surface area (Å²) >= 11 is 0. The number of anilines is 1. The summed E-state index contributed by atoms with van der Waals surface area (Å²) in [5, 5.41) is 11.8. The number of nitrogens with zero attached hydrogens (tertiary/aromatic N) is 1. The van der Waals surface area contributed by atoms with E-state index in [0.29, 0.717) is 13.1 Å². The van der Waals surface area contributed by atoms with Crippen LogP contribution in [-0.2, 0) is 11.2 Å². The van der Waals surface area contributed by atoms with Crippen LogP contribution < -0.4 is 5.32 Å². The molecule has 0 unspecified atom stereocenters. The Kier molecular flexibility index (Phi) is 6.53. The van der Waals surface area contributed by atoms with Crippen LogP contribution in [0.15, 0.2) is 24.3 Å². The maximum absolute atomic E-state index is 11.9. The quantitative estimate of drug-likeness (QED) is 0.790. The highest BCUT2D eigenvalue weighted by Crippen LogP contribution is 2.10. The summed E-state index contributed by atoms with van der Waals surface area (Å²) in [6, 6.07) is 8.11. The van der Waals surface area contributed by atoms with E-state index in [0.717, 1.165) is 12.1 Å². The fraction of sp³-hybridized carbons (Fsp3) is 0.533. The van der Waals surface area contributed by atoms with Gasteiger partial charge in [0.1, 0.15) is 0 Å². The number of hydrogen-bond donors (Lipinski definition) is 2. The van der Waals surface area contributed by atoms with E-state index in [1.165, 1.54) is 5.56 Å². The smallest absolute Gasteiger partial charge is 0.238 e. The van der Waals surface area contributed by atoms with E-state index in [-0.39, 0.29) is 18.6 Å². The minimum atomic E-state index is -0.0496. The third kappa shape index (κ3) is 5.41. The molecule has 4 nitrogen and oxygen atoms in total. The molecule has 0 spiro atoms. The number of rotatable bonds is 7. The van der Waals surface area contributed by atoms with Gasteiger partial charge < -0.3 is 10.4 Å². The Bertz CT molecular complexity index is 388. The molecule has 0 saturated heterocycles. The average molecular weight is 264 g/mol. The van der Waals surface area contributed by atoms with Crippen LogP contribution in [0.1, 0.15) is 26.3 Å². The van der Waals surface area contributed by atoms with E-state index < -0.39 is 0 Å². The summed E-state index contributed by atoms with van der Waals surface area (Å²) in [6.07, 6.45) is 0.992. The summed E-state index contributed by atoms with van der Waals surface area (Å²) in [6.45, 7) is 7.01. The van der Waals surface area contributed by atoms with E-state index in [2.05, 4.69) is 12.2 Å². The Balaban J connectivity index is 2.53. The highest BCUT2D eigenvalue weighted by Gasteiger charge is 2.13. The number of aliphatic hydroxyl groups is 1. The van der Waals surface area contributed by atoms with Crippen molar-refractivity contribution in [3.8, 4) is 0 Å². The van der Waals surface area contributed by atoms with Crippen molar-refractivity contribution in [3.05, 3.63) is 29.8 Å². The molecule has 0 saturated carbocycles. The molecule has 1 amide bonds. The maximum atomic E-state index is 11.9. The summed E-state index contributed by atoms with van der Waals surface area (Å²) in [4.78, 5) is 13.9. The second kappa shape index (κ2) is 7.92. The molecule has 0 bridgehead atoms. The zero-order chi connectivity index (χ0) is 14.3. The van der Waals surface area contributed by atoms with Crippen molar-refractivity contribution in [1.82, 2.24) is 4.90 Å². The van der Waals surface area contributed by atoms with Crippen molar-refractivity contribution in [2.24, 2.45) is 0 Å². The maximum Gasteiger partial charge on any atom is 0.238 e. The molecule has 106 valence electrons. The molecule has 19 heavy (non-hydrogen) atoms. The lowest BCUT2D eigenvalue weighted by Gasteiger charge is -2.24. The van der Waals surface area contributed by atoms with Crippen LogP contribution in [0.3, 0.4) is 0 Å². The molecule has 0 atom stereocenters. The third-order valence-electron chi connectivity index (χ3n) is 3.11. The molecular weight excluding hydrogens is 240 g/mol. The van der Waals surface area contributed by atoms with Crippen molar-refractivity contribution in [2.75, 3.05) is 25.0 Å². The summed E-state index contributed by atoms with van der Waals surface area (Å²) in [5.41, 5.74) is 2.07. The van der Waals surface area contributed by atoms with Crippen LogP contribution in [0, 0.1) is 0 Å². The number of nitrogens with one attached hydrogen (secondary N) is 1. The molecular formula is C15H24N2O2. The van der Waals surface area contributed by atoms with E-state index >= 15 is 0 Å². The normalized spacial score (nSPS) is 11.1. The molecule has 0 heterocycles. The van der Waals surface area contributed by atoms with E-state index in [9.17, 15) is 4.79 Å². The van der Waals surface area contributed by atoms with Gasteiger partial charge in [-0.3, -0.25) is 9.69 Å². The van der Waals surface area contributed by atoms with Crippen LogP contribution in [0.25, 0.3) is 0 Å². The van der Waals surface area contributed by atoms with E-state index in [1.54, 1.807) is 0 Å². The molecule has 1 rings (SSSR count). The SMILES string of the molecule is CCc1ccc(NC(=O)CN(CCO)C(C)C)cc1. The monoisotopic (exact) mass is 264 g/mol. The number of amides is 1. The minimum absolute atomic E-state index is 0.0496. The lowest BCUT2D eigenvalue weighted by Crippen LogP contribution is -2.39. The Morgan fingerprint density at radius 3 is 2.42 bits per heavy atom. The Labute approximate surface area is 115 Å². The predicted molar refractivity (Wildman–Crippen MR) is 78.2 cm³/mol. The number of carbonyl (C=O) groups excluding carboxylic acids is 1. The van der Waals surface area contributed by atoms with Gasteiger partial charge in [0.05, 0.1) is 13.2 Å². The lowest BCUT2D eigenvalue weighted by atomic mass is 10.1. The van der Waals surface area contributed by atoms with Crippen LogP contribution in [0.4, 0.5) is 5.69 Å². The van der Waals surface area contributed by atoms with Crippen LogP contribution >= 0.6 is 0 Å². The second-order valence-electron chi connectivity index (χ2n) is 4.89.